The number of rotatable bonds is 4. The van der Waals surface area contributed by atoms with E-state index in [4.69, 9.17) is 15.0 Å². The SMILES string of the molecule is c1ccc(-c2nc(-c3ccc(-n4c5ccccc5c5ccc6ccccc6c54)cc3)nc(-c3ccc4c5c(cccc35)-c3ccccc3-4)n2)cc1. The fourth-order valence-electron chi connectivity index (χ4n) is 8.10. The van der Waals surface area contributed by atoms with Crippen molar-refractivity contribution in [2.45, 2.75) is 0 Å². The topological polar surface area (TPSA) is 43.6 Å². The predicted octanol–water partition coefficient (Wildman–Crippen LogP) is 11.9. The van der Waals surface area contributed by atoms with Crippen molar-refractivity contribution in [2.75, 3.05) is 0 Å². The van der Waals surface area contributed by atoms with Gasteiger partial charge in [-0.25, -0.2) is 15.0 Å². The summed E-state index contributed by atoms with van der Waals surface area (Å²) < 4.78 is 2.38. The van der Waals surface area contributed by atoms with E-state index >= 15 is 0 Å². The standard InChI is InChI=1S/C47H28N4/c1-2-12-30(13-3-1)45-48-46(50-47(49-45)41-28-27-39-35-16-7-6-15-34(35)37-18-10-19-38(41)43(37)39)31-21-24-32(25-22-31)51-42-20-9-8-17-36(42)40-26-23-29-11-4-5-14-33(29)44(40)51/h1-28H. The van der Waals surface area contributed by atoms with Crippen molar-refractivity contribution in [2.24, 2.45) is 0 Å². The summed E-state index contributed by atoms with van der Waals surface area (Å²) in [7, 11) is 0. The van der Waals surface area contributed by atoms with Gasteiger partial charge in [-0.3, -0.25) is 0 Å². The van der Waals surface area contributed by atoms with Gasteiger partial charge in [0, 0.05) is 38.5 Å². The summed E-state index contributed by atoms with van der Waals surface area (Å²) in [5, 5.41) is 7.35. The molecule has 0 saturated heterocycles. The van der Waals surface area contributed by atoms with Gasteiger partial charge in [0.2, 0.25) is 0 Å². The highest BCUT2D eigenvalue weighted by Crippen LogP contribution is 2.49. The fraction of sp³-hybridized carbons (Fsp3) is 0. The maximum Gasteiger partial charge on any atom is 0.164 e. The largest absolute Gasteiger partial charge is 0.309 e. The zero-order chi connectivity index (χ0) is 33.5. The molecule has 0 atom stereocenters. The Kier molecular flexibility index (Phi) is 5.92. The molecule has 2 aromatic heterocycles. The summed E-state index contributed by atoms with van der Waals surface area (Å²) in [6.07, 6.45) is 0. The normalized spacial score (nSPS) is 11.9. The number of benzene rings is 8. The van der Waals surface area contributed by atoms with Crippen LogP contribution >= 0.6 is 0 Å². The van der Waals surface area contributed by atoms with Crippen LogP contribution in [-0.2, 0) is 0 Å². The molecule has 11 rings (SSSR count). The van der Waals surface area contributed by atoms with Crippen molar-refractivity contribution in [3.05, 3.63) is 170 Å². The van der Waals surface area contributed by atoms with E-state index in [2.05, 4.69) is 156 Å². The van der Waals surface area contributed by atoms with E-state index in [1.54, 1.807) is 0 Å². The molecule has 0 fully saturated rings. The lowest BCUT2D eigenvalue weighted by Crippen LogP contribution is -2.01. The van der Waals surface area contributed by atoms with Crippen LogP contribution in [0.25, 0.3) is 105 Å². The van der Waals surface area contributed by atoms with Gasteiger partial charge in [0.25, 0.3) is 0 Å². The van der Waals surface area contributed by atoms with Crippen LogP contribution in [0.3, 0.4) is 0 Å². The summed E-state index contributed by atoms with van der Waals surface area (Å²) in [6.45, 7) is 0. The Morgan fingerprint density at radius 2 is 0.922 bits per heavy atom. The molecule has 2 heterocycles. The lowest BCUT2D eigenvalue weighted by atomic mass is 9.98. The van der Waals surface area contributed by atoms with Crippen LogP contribution in [0.5, 0.6) is 0 Å². The first-order valence-electron chi connectivity index (χ1n) is 17.3. The molecule has 10 aromatic rings. The van der Waals surface area contributed by atoms with Gasteiger partial charge in [-0.2, -0.15) is 0 Å². The molecular weight excluding hydrogens is 621 g/mol. The molecule has 0 bridgehead atoms. The fourth-order valence-corrected chi connectivity index (χ4v) is 8.10. The van der Waals surface area contributed by atoms with Gasteiger partial charge in [0.05, 0.1) is 11.0 Å². The Balaban J connectivity index is 1.09. The number of hydrogen-bond acceptors (Lipinski definition) is 3. The molecule has 0 saturated carbocycles. The molecule has 0 spiro atoms. The van der Waals surface area contributed by atoms with E-state index in [1.807, 2.05) is 18.2 Å². The molecule has 0 N–H and O–H groups in total. The van der Waals surface area contributed by atoms with Crippen molar-refractivity contribution < 1.29 is 0 Å². The second-order valence-corrected chi connectivity index (χ2v) is 13.2. The zero-order valence-corrected chi connectivity index (χ0v) is 27.5. The molecule has 1 aliphatic rings. The van der Waals surface area contributed by atoms with Gasteiger partial charge in [0.1, 0.15) is 0 Å². The molecule has 1 aliphatic carbocycles. The van der Waals surface area contributed by atoms with Crippen LogP contribution in [0.4, 0.5) is 0 Å². The van der Waals surface area contributed by atoms with Gasteiger partial charge in [-0.05, 0) is 74.8 Å². The number of fused-ring (bicyclic) bond motifs is 8. The molecule has 0 aliphatic heterocycles. The van der Waals surface area contributed by atoms with Gasteiger partial charge in [-0.1, -0.05) is 133 Å². The third-order valence-corrected chi connectivity index (χ3v) is 10.4. The van der Waals surface area contributed by atoms with E-state index in [0.29, 0.717) is 17.5 Å². The molecule has 4 nitrogen and oxygen atoms in total. The lowest BCUT2D eigenvalue weighted by molar-refractivity contribution is 1.07. The monoisotopic (exact) mass is 648 g/mol. The summed E-state index contributed by atoms with van der Waals surface area (Å²) in [4.78, 5) is 15.4. The van der Waals surface area contributed by atoms with E-state index in [9.17, 15) is 0 Å². The molecule has 8 aromatic carbocycles. The minimum absolute atomic E-state index is 0.643. The Labute approximate surface area is 294 Å². The molecule has 51 heavy (non-hydrogen) atoms. The quantitative estimate of drug-likeness (QED) is 0.191. The highest BCUT2D eigenvalue weighted by molar-refractivity contribution is 6.19. The average Bonchev–Trinajstić information content (AvgIpc) is 3.72. The van der Waals surface area contributed by atoms with Crippen LogP contribution in [0, 0.1) is 0 Å². The summed E-state index contributed by atoms with van der Waals surface area (Å²) in [5.41, 5.74) is 11.4. The summed E-state index contributed by atoms with van der Waals surface area (Å²) in [6, 6.07) is 60.2. The number of nitrogens with zero attached hydrogens (tertiary/aromatic N) is 4. The number of hydrogen-bond donors (Lipinski definition) is 0. The third-order valence-electron chi connectivity index (χ3n) is 10.4. The van der Waals surface area contributed by atoms with Crippen molar-refractivity contribution >= 4 is 43.4 Å². The van der Waals surface area contributed by atoms with Crippen LogP contribution < -0.4 is 0 Å². The zero-order valence-electron chi connectivity index (χ0n) is 27.5. The second kappa shape index (κ2) is 10.8. The Morgan fingerprint density at radius 1 is 0.333 bits per heavy atom. The van der Waals surface area contributed by atoms with Gasteiger partial charge >= 0.3 is 0 Å². The molecule has 0 amide bonds. The van der Waals surface area contributed by atoms with Crippen molar-refractivity contribution in [1.82, 2.24) is 19.5 Å². The first-order valence-corrected chi connectivity index (χ1v) is 17.3. The van der Waals surface area contributed by atoms with Crippen LogP contribution in [0.15, 0.2) is 170 Å². The minimum Gasteiger partial charge on any atom is -0.309 e. The highest BCUT2D eigenvalue weighted by atomic mass is 15.0. The molecule has 0 unspecified atom stereocenters. The van der Waals surface area contributed by atoms with E-state index in [1.165, 1.54) is 60.2 Å². The first kappa shape index (κ1) is 28.0. The molecule has 4 heteroatoms. The van der Waals surface area contributed by atoms with Gasteiger partial charge in [-0.15, -0.1) is 0 Å². The highest BCUT2D eigenvalue weighted by Gasteiger charge is 2.24. The van der Waals surface area contributed by atoms with E-state index < -0.39 is 0 Å². The van der Waals surface area contributed by atoms with Crippen molar-refractivity contribution in [3.63, 3.8) is 0 Å². The summed E-state index contributed by atoms with van der Waals surface area (Å²) in [5.74, 6) is 1.96. The van der Waals surface area contributed by atoms with Crippen molar-refractivity contribution in [1.29, 1.82) is 0 Å². The van der Waals surface area contributed by atoms with E-state index in [-0.39, 0.29) is 0 Å². The molecule has 236 valence electrons. The Morgan fingerprint density at radius 3 is 1.73 bits per heavy atom. The smallest absolute Gasteiger partial charge is 0.164 e. The maximum absolute atomic E-state index is 5.18. The second-order valence-electron chi connectivity index (χ2n) is 13.2. The molecule has 0 radical (unpaired) electrons. The van der Waals surface area contributed by atoms with Gasteiger partial charge < -0.3 is 4.57 Å². The molecular formula is C47H28N4. The Bertz CT molecular complexity index is 2980. The first-order chi connectivity index (χ1) is 25.3. The summed E-state index contributed by atoms with van der Waals surface area (Å²) >= 11 is 0. The Hall–Kier alpha value is -6.91. The van der Waals surface area contributed by atoms with Crippen LogP contribution in [-0.4, -0.2) is 19.5 Å². The number of aromatic nitrogens is 4. The van der Waals surface area contributed by atoms with E-state index in [0.717, 1.165) is 27.8 Å². The van der Waals surface area contributed by atoms with Crippen LogP contribution in [0.2, 0.25) is 0 Å². The third kappa shape index (κ3) is 4.17. The minimum atomic E-state index is 0.643. The average molecular weight is 649 g/mol. The number of para-hydroxylation sites is 1. The maximum atomic E-state index is 5.18. The lowest BCUT2D eigenvalue weighted by Gasteiger charge is -2.13. The van der Waals surface area contributed by atoms with Crippen LogP contribution in [0.1, 0.15) is 0 Å². The predicted molar refractivity (Wildman–Crippen MR) is 210 cm³/mol. The van der Waals surface area contributed by atoms with Gasteiger partial charge in [0.15, 0.2) is 17.5 Å². The van der Waals surface area contributed by atoms with Crippen molar-refractivity contribution in [3.8, 4) is 62.1 Å².